The summed E-state index contributed by atoms with van der Waals surface area (Å²) in [4.78, 5) is 15.8. The number of benzene rings is 1. The molecule has 0 aliphatic rings. The average Bonchev–Trinajstić information content (AvgIpc) is 3.05. The van der Waals surface area contributed by atoms with Gasteiger partial charge in [-0.2, -0.15) is 0 Å². The van der Waals surface area contributed by atoms with Crippen molar-refractivity contribution in [1.29, 1.82) is 0 Å². The number of hydrogen-bond acceptors (Lipinski definition) is 3. The number of thiophene rings is 1. The molecule has 1 atom stereocenters. The van der Waals surface area contributed by atoms with Crippen LogP contribution in [0.2, 0.25) is 0 Å². The summed E-state index contributed by atoms with van der Waals surface area (Å²) >= 11 is 1.70. The number of likely N-dealkylation sites (N-methyl/N-ethyl adjacent to an activating group) is 1. The van der Waals surface area contributed by atoms with Crippen molar-refractivity contribution in [2.24, 2.45) is 5.92 Å². The van der Waals surface area contributed by atoms with Gasteiger partial charge in [0.25, 0.3) is 0 Å². The average molecular weight is 348 g/mol. The number of nitrogens with one attached hydrogen (secondary N) is 1. The predicted octanol–water partition coefficient (Wildman–Crippen LogP) is 4.22. The third-order valence-electron chi connectivity index (χ3n) is 3.99. The van der Waals surface area contributed by atoms with Crippen LogP contribution in [0.5, 0.6) is 0 Å². The Morgan fingerprint density at radius 3 is 2.50 bits per heavy atom. The molecule has 1 heterocycles. The maximum absolute atomic E-state index is 13.1. The van der Waals surface area contributed by atoms with Gasteiger partial charge >= 0.3 is 0 Å². The molecular weight excluding hydrogens is 323 g/mol. The van der Waals surface area contributed by atoms with Gasteiger partial charge in [0.1, 0.15) is 5.82 Å². The van der Waals surface area contributed by atoms with Crippen LogP contribution in [0.25, 0.3) is 0 Å². The second kappa shape index (κ2) is 8.94. The highest BCUT2D eigenvalue weighted by molar-refractivity contribution is 7.09. The lowest BCUT2D eigenvalue weighted by atomic mass is 9.96. The fourth-order valence-corrected chi connectivity index (χ4v) is 3.38. The molecule has 0 saturated heterocycles. The number of carbonyl (C=O) groups excluding carboxylic acids is 1. The van der Waals surface area contributed by atoms with Crippen LogP contribution >= 0.6 is 11.3 Å². The van der Waals surface area contributed by atoms with Gasteiger partial charge in [0.15, 0.2) is 0 Å². The summed E-state index contributed by atoms with van der Waals surface area (Å²) in [7, 11) is 0. The van der Waals surface area contributed by atoms with Crippen molar-refractivity contribution in [1.82, 2.24) is 10.2 Å². The van der Waals surface area contributed by atoms with E-state index < -0.39 is 0 Å². The molecule has 0 fully saturated rings. The molecule has 1 aromatic heterocycles. The second-order valence-electron chi connectivity index (χ2n) is 6.22. The highest BCUT2D eigenvalue weighted by Gasteiger charge is 2.19. The van der Waals surface area contributed by atoms with Gasteiger partial charge < -0.3 is 5.32 Å². The minimum atomic E-state index is -0.263. The maximum Gasteiger partial charge on any atom is 0.234 e. The molecule has 0 radical (unpaired) electrons. The van der Waals surface area contributed by atoms with Crippen LogP contribution in [-0.4, -0.2) is 23.9 Å². The lowest BCUT2D eigenvalue weighted by Crippen LogP contribution is -2.39. The van der Waals surface area contributed by atoms with Gasteiger partial charge in [-0.25, -0.2) is 4.39 Å². The van der Waals surface area contributed by atoms with Crippen molar-refractivity contribution in [3.63, 3.8) is 0 Å². The van der Waals surface area contributed by atoms with Crippen molar-refractivity contribution in [3.05, 3.63) is 58.0 Å². The zero-order valence-corrected chi connectivity index (χ0v) is 15.3. The Morgan fingerprint density at radius 2 is 1.96 bits per heavy atom. The van der Waals surface area contributed by atoms with Gasteiger partial charge in [0.2, 0.25) is 5.91 Å². The van der Waals surface area contributed by atoms with Crippen LogP contribution < -0.4 is 5.32 Å². The molecule has 5 heteroatoms. The number of amides is 1. The molecule has 0 saturated carbocycles. The highest BCUT2D eigenvalue weighted by Crippen LogP contribution is 2.22. The maximum atomic E-state index is 13.1. The van der Waals surface area contributed by atoms with Crippen LogP contribution in [-0.2, 0) is 11.3 Å². The van der Waals surface area contributed by atoms with Crippen molar-refractivity contribution in [3.8, 4) is 0 Å². The molecule has 2 rings (SSSR count). The quantitative estimate of drug-likeness (QED) is 0.774. The number of nitrogens with zero attached hydrogens (tertiary/aromatic N) is 1. The summed E-state index contributed by atoms with van der Waals surface area (Å²) in [6.07, 6.45) is 0. The molecule has 130 valence electrons. The third-order valence-corrected chi connectivity index (χ3v) is 4.85. The van der Waals surface area contributed by atoms with Crippen LogP contribution in [0, 0.1) is 11.7 Å². The van der Waals surface area contributed by atoms with Gasteiger partial charge in [-0.1, -0.05) is 39.0 Å². The third kappa shape index (κ3) is 5.42. The van der Waals surface area contributed by atoms with E-state index >= 15 is 0 Å². The fraction of sp³-hybridized carbons (Fsp3) is 0.421. The standard InChI is InChI=1S/C19H25FN2OS/c1-4-22(12-17-6-5-11-24-17)13-18(23)21-19(14(2)3)15-7-9-16(20)10-8-15/h5-11,14,19H,4,12-13H2,1-3H3,(H,21,23). The molecule has 0 aliphatic heterocycles. The first-order chi connectivity index (χ1) is 11.5. The Balaban J connectivity index is 1.98. The topological polar surface area (TPSA) is 32.3 Å². The van der Waals surface area contributed by atoms with E-state index in [0.29, 0.717) is 6.54 Å². The van der Waals surface area contributed by atoms with Crippen LogP contribution in [0.15, 0.2) is 41.8 Å². The monoisotopic (exact) mass is 348 g/mol. The van der Waals surface area contributed by atoms with Crippen molar-refractivity contribution in [2.75, 3.05) is 13.1 Å². The Labute approximate surface area is 147 Å². The number of rotatable bonds is 8. The molecule has 24 heavy (non-hydrogen) atoms. The van der Waals surface area contributed by atoms with Crippen LogP contribution in [0.4, 0.5) is 4.39 Å². The van der Waals surface area contributed by atoms with Gasteiger partial charge in [-0.05, 0) is 41.6 Å². The fourth-order valence-electron chi connectivity index (χ4n) is 2.63. The predicted molar refractivity (Wildman–Crippen MR) is 97.4 cm³/mol. The normalized spacial score (nSPS) is 12.6. The smallest absolute Gasteiger partial charge is 0.234 e. The molecular formula is C19H25FN2OS. The summed E-state index contributed by atoms with van der Waals surface area (Å²) in [5, 5.41) is 5.15. The number of hydrogen-bond donors (Lipinski definition) is 1. The summed E-state index contributed by atoms with van der Waals surface area (Å²) in [6, 6.07) is 10.3. The molecule has 1 amide bonds. The number of carbonyl (C=O) groups is 1. The Hall–Kier alpha value is -1.72. The van der Waals surface area contributed by atoms with E-state index in [4.69, 9.17) is 0 Å². The zero-order chi connectivity index (χ0) is 17.5. The Bertz CT molecular complexity index is 625. The van der Waals surface area contributed by atoms with E-state index in [-0.39, 0.29) is 23.7 Å². The van der Waals surface area contributed by atoms with E-state index in [9.17, 15) is 9.18 Å². The summed E-state index contributed by atoms with van der Waals surface area (Å²) in [5.74, 6) is -0.0381. The van der Waals surface area contributed by atoms with Crippen molar-refractivity contribution < 1.29 is 9.18 Å². The van der Waals surface area contributed by atoms with E-state index in [2.05, 4.69) is 37.1 Å². The first-order valence-corrected chi connectivity index (χ1v) is 9.17. The highest BCUT2D eigenvalue weighted by atomic mass is 32.1. The van der Waals surface area contributed by atoms with E-state index in [1.165, 1.54) is 17.0 Å². The van der Waals surface area contributed by atoms with E-state index in [1.807, 2.05) is 11.4 Å². The van der Waals surface area contributed by atoms with Crippen LogP contribution in [0.1, 0.15) is 37.3 Å². The van der Waals surface area contributed by atoms with Crippen molar-refractivity contribution in [2.45, 2.75) is 33.4 Å². The van der Waals surface area contributed by atoms with Crippen LogP contribution in [0.3, 0.4) is 0 Å². The molecule has 2 aromatic rings. The largest absolute Gasteiger partial charge is 0.348 e. The summed E-state index contributed by atoms with van der Waals surface area (Å²) in [6.45, 7) is 8.12. The first kappa shape index (κ1) is 18.6. The first-order valence-electron chi connectivity index (χ1n) is 8.29. The molecule has 1 unspecified atom stereocenters. The summed E-state index contributed by atoms with van der Waals surface area (Å²) in [5.41, 5.74) is 0.932. The molecule has 3 nitrogen and oxygen atoms in total. The zero-order valence-electron chi connectivity index (χ0n) is 14.5. The van der Waals surface area contributed by atoms with Crippen molar-refractivity contribution >= 4 is 17.2 Å². The molecule has 1 aromatic carbocycles. The van der Waals surface area contributed by atoms with Gasteiger partial charge in [0, 0.05) is 11.4 Å². The Morgan fingerprint density at radius 1 is 1.25 bits per heavy atom. The molecule has 0 spiro atoms. The lowest BCUT2D eigenvalue weighted by molar-refractivity contribution is -0.123. The van der Waals surface area contributed by atoms with E-state index in [0.717, 1.165) is 18.7 Å². The molecule has 1 N–H and O–H groups in total. The summed E-state index contributed by atoms with van der Waals surface area (Å²) < 4.78 is 13.1. The SMILES string of the molecule is CCN(CC(=O)NC(c1ccc(F)cc1)C(C)C)Cc1cccs1. The molecule has 0 aliphatic carbocycles. The minimum Gasteiger partial charge on any atom is -0.348 e. The second-order valence-corrected chi connectivity index (χ2v) is 7.26. The van der Waals surface area contributed by atoms with E-state index in [1.54, 1.807) is 23.5 Å². The van der Waals surface area contributed by atoms with Gasteiger partial charge in [-0.3, -0.25) is 9.69 Å². The number of halogens is 1. The Kier molecular flexibility index (Phi) is 6.94. The van der Waals surface area contributed by atoms with Gasteiger partial charge in [0.05, 0.1) is 12.6 Å². The molecule has 0 bridgehead atoms. The minimum absolute atomic E-state index is 0.00330. The van der Waals surface area contributed by atoms with Gasteiger partial charge in [-0.15, -0.1) is 11.3 Å². The lowest BCUT2D eigenvalue weighted by Gasteiger charge is -2.25.